The molecule has 0 saturated heterocycles. The van der Waals surface area contributed by atoms with Gasteiger partial charge < -0.3 is 18.9 Å². The molecule has 1 aliphatic rings. The van der Waals surface area contributed by atoms with Crippen molar-refractivity contribution in [3.8, 4) is 17.2 Å². The van der Waals surface area contributed by atoms with Gasteiger partial charge in [-0.1, -0.05) is 87.9 Å². The van der Waals surface area contributed by atoms with E-state index >= 15 is 0 Å². The van der Waals surface area contributed by atoms with Crippen LogP contribution in [-0.4, -0.2) is 30.4 Å². The lowest BCUT2D eigenvalue weighted by Gasteiger charge is -2.26. The van der Waals surface area contributed by atoms with E-state index in [2.05, 4.69) is 34.1 Å². The number of para-hydroxylation sites is 1. The quantitative estimate of drug-likeness (QED) is 0.143. The molecule has 0 saturated carbocycles. The highest BCUT2D eigenvalue weighted by Gasteiger charge is 2.35. The van der Waals surface area contributed by atoms with Crippen LogP contribution in [0.5, 0.6) is 17.2 Å². The van der Waals surface area contributed by atoms with E-state index < -0.39 is 12.0 Å². The van der Waals surface area contributed by atoms with E-state index in [1.807, 2.05) is 74.5 Å². The number of hydrogen-bond donors (Lipinski definition) is 0. The number of aromatic nitrogens is 1. The van der Waals surface area contributed by atoms with Gasteiger partial charge in [-0.05, 0) is 68.3 Å². The molecule has 1 aliphatic heterocycles. The van der Waals surface area contributed by atoms with Crippen molar-refractivity contribution in [3.63, 3.8) is 0 Å². The van der Waals surface area contributed by atoms with Gasteiger partial charge in [0.05, 0.1) is 35.6 Å². The molecule has 0 N–H and O–H groups in total. The molecule has 0 spiro atoms. The largest absolute Gasteiger partial charge is 0.493 e. The van der Waals surface area contributed by atoms with Gasteiger partial charge in [-0.15, -0.1) is 0 Å². The smallest absolute Gasteiger partial charge is 0.338 e. The van der Waals surface area contributed by atoms with Gasteiger partial charge in [0.1, 0.15) is 18.4 Å². The number of thiazole rings is 1. The Morgan fingerprint density at radius 1 is 1.04 bits per heavy atom. The van der Waals surface area contributed by atoms with Crippen molar-refractivity contribution < 1.29 is 23.7 Å². The number of nitrogens with zero attached hydrogens (tertiary/aromatic N) is 2. The standard InChI is InChI=1S/C38H35BrN2O6S/c1-6-45-37(43)33-23(4)40-38-41(34(33)29-16-9-10-17-30(29)47-22(2)3)36(42)32(48-38)19-26-18-27(39)20-31(44-5)35(26)46-21-25-14-11-13-24-12-7-8-15-28(24)25/h7-20,22,34H,6,21H2,1-5H3/b32-19-/t34-/m0/s1. The van der Waals surface area contributed by atoms with Crippen molar-refractivity contribution in [2.24, 2.45) is 4.99 Å². The van der Waals surface area contributed by atoms with Crippen LogP contribution in [0.25, 0.3) is 16.8 Å². The third-order valence-corrected chi connectivity index (χ3v) is 9.34. The first-order valence-corrected chi connectivity index (χ1v) is 17.2. The minimum absolute atomic E-state index is 0.128. The summed E-state index contributed by atoms with van der Waals surface area (Å²) in [6.07, 6.45) is 1.66. The fourth-order valence-corrected chi connectivity index (χ4v) is 7.36. The maximum Gasteiger partial charge on any atom is 0.338 e. The van der Waals surface area contributed by atoms with Gasteiger partial charge in [-0.2, -0.15) is 0 Å². The third kappa shape index (κ3) is 6.55. The molecule has 0 bridgehead atoms. The molecule has 1 atom stereocenters. The summed E-state index contributed by atoms with van der Waals surface area (Å²) in [6.45, 7) is 7.85. The van der Waals surface area contributed by atoms with E-state index in [0.29, 0.717) is 49.0 Å². The molecule has 0 radical (unpaired) electrons. The number of esters is 1. The average molecular weight is 728 g/mol. The summed E-state index contributed by atoms with van der Waals surface area (Å²) < 4.78 is 26.6. The van der Waals surface area contributed by atoms with Crippen LogP contribution in [0.2, 0.25) is 0 Å². The number of halogens is 1. The van der Waals surface area contributed by atoms with Crippen LogP contribution in [0.4, 0.5) is 0 Å². The Morgan fingerprint density at radius 3 is 2.56 bits per heavy atom. The average Bonchev–Trinajstić information content (AvgIpc) is 3.37. The molecule has 5 aromatic rings. The van der Waals surface area contributed by atoms with E-state index in [0.717, 1.165) is 20.8 Å². The summed E-state index contributed by atoms with van der Waals surface area (Å²) in [5, 5.41) is 2.22. The van der Waals surface area contributed by atoms with E-state index in [9.17, 15) is 9.59 Å². The summed E-state index contributed by atoms with van der Waals surface area (Å²) in [5.41, 5.74) is 2.80. The van der Waals surface area contributed by atoms with Crippen molar-refractivity contribution in [3.05, 3.63) is 131 Å². The molecule has 0 aliphatic carbocycles. The van der Waals surface area contributed by atoms with Crippen molar-refractivity contribution in [2.45, 2.75) is 46.4 Å². The number of carbonyl (C=O) groups excluding carboxylic acids is 1. The van der Waals surface area contributed by atoms with Gasteiger partial charge in [-0.25, -0.2) is 9.79 Å². The molecule has 0 amide bonds. The van der Waals surface area contributed by atoms with Gasteiger partial charge >= 0.3 is 5.97 Å². The number of carbonyl (C=O) groups is 1. The zero-order valence-electron chi connectivity index (χ0n) is 27.3. The topological polar surface area (TPSA) is 88.4 Å². The predicted octanol–water partition coefficient (Wildman–Crippen LogP) is 7.09. The number of benzene rings is 4. The molecule has 0 unspecified atom stereocenters. The summed E-state index contributed by atoms with van der Waals surface area (Å²) in [4.78, 5) is 33.1. The van der Waals surface area contributed by atoms with Crippen LogP contribution in [0, 0.1) is 0 Å². The molecule has 246 valence electrons. The Morgan fingerprint density at radius 2 is 1.79 bits per heavy atom. The van der Waals surface area contributed by atoms with Crippen molar-refractivity contribution in [1.82, 2.24) is 4.57 Å². The van der Waals surface area contributed by atoms with E-state index in [1.165, 1.54) is 11.3 Å². The maximum atomic E-state index is 14.4. The van der Waals surface area contributed by atoms with Gasteiger partial charge in [0.15, 0.2) is 16.3 Å². The summed E-state index contributed by atoms with van der Waals surface area (Å²) in [7, 11) is 1.58. The molecular formula is C38H35BrN2O6S. The zero-order valence-corrected chi connectivity index (χ0v) is 29.7. The Balaban J connectivity index is 1.50. The molecule has 8 nitrogen and oxygen atoms in total. The SMILES string of the molecule is CCOC(=O)C1=C(C)N=c2s/c(=C\c3cc(Br)cc(OC)c3OCc3cccc4ccccc34)c(=O)n2[C@H]1c1ccccc1OC(C)C. The van der Waals surface area contributed by atoms with Crippen LogP contribution in [-0.2, 0) is 16.1 Å². The number of allylic oxidation sites excluding steroid dienone is 1. The number of methoxy groups -OCH3 is 1. The van der Waals surface area contributed by atoms with Crippen molar-refractivity contribution in [1.29, 1.82) is 0 Å². The number of fused-ring (bicyclic) bond motifs is 2. The summed E-state index contributed by atoms with van der Waals surface area (Å²) >= 11 is 4.83. The third-order valence-electron chi connectivity index (χ3n) is 7.90. The predicted molar refractivity (Wildman–Crippen MR) is 192 cm³/mol. The minimum atomic E-state index is -0.809. The van der Waals surface area contributed by atoms with Gasteiger partial charge in [0.25, 0.3) is 5.56 Å². The molecule has 2 heterocycles. The van der Waals surface area contributed by atoms with Crippen molar-refractivity contribution >= 4 is 50.1 Å². The Hall–Kier alpha value is -4.67. The Bertz CT molecular complexity index is 2230. The number of hydrogen-bond acceptors (Lipinski definition) is 8. The fraction of sp³-hybridized carbons (Fsp3) is 0.237. The van der Waals surface area contributed by atoms with Gasteiger partial charge in [0, 0.05) is 15.6 Å². The van der Waals surface area contributed by atoms with Crippen LogP contribution in [0.3, 0.4) is 0 Å². The monoisotopic (exact) mass is 726 g/mol. The second-order valence-corrected chi connectivity index (χ2v) is 13.4. The molecule has 1 aromatic heterocycles. The minimum Gasteiger partial charge on any atom is -0.493 e. The molecule has 48 heavy (non-hydrogen) atoms. The van der Waals surface area contributed by atoms with E-state index in [-0.39, 0.29) is 24.9 Å². The zero-order chi connectivity index (χ0) is 33.9. The highest BCUT2D eigenvalue weighted by Crippen LogP contribution is 2.38. The highest BCUT2D eigenvalue weighted by atomic mass is 79.9. The summed E-state index contributed by atoms with van der Waals surface area (Å²) in [6, 6.07) is 24.6. The van der Waals surface area contributed by atoms with Gasteiger partial charge in [-0.3, -0.25) is 9.36 Å². The first-order chi connectivity index (χ1) is 23.2. The Labute approximate surface area is 290 Å². The second-order valence-electron chi connectivity index (χ2n) is 11.5. The number of ether oxygens (including phenoxy) is 4. The maximum absolute atomic E-state index is 14.4. The van der Waals surface area contributed by atoms with Crippen molar-refractivity contribution in [2.75, 3.05) is 13.7 Å². The molecule has 10 heteroatoms. The van der Waals surface area contributed by atoms with Crippen LogP contribution in [0.1, 0.15) is 50.4 Å². The number of rotatable bonds is 10. The normalized spacial score (nSPS) is 14.6. The van der Waals surface area contributed by atoms with Crippen LogP contribution >= 0.6 is 27.3 Å². The van der Waals surface area contributed by atoms with Crippen LogP contribution < -0.4 is 29.1 Å². The van der Waals surface area contributed by atoms with E-state index in [1.54, 1.807) is 31.6 Å². The highest BCUT2D eigenvalue weighted by molar-refractivity contribution is 9.10. The summed E-state index contributed by atoms with van der Waals surface area (Å²) in [5.74, 6) is 1.06. The first kappa shape index (κ1) is 33.2. The molecule has 0 fully saturated rings. The second kappa shape index (κ2) is 14.2. The molecule has 4 aromatic carbocycles. The molecule has 6 rings (SSSR count). The fourth-order valence-electron chi connectivity index (χ4n) is 5.87. The Kier molecular flexibility index (Phi) is 9.84. The van der Waals surface area contributed by atoms with Gasteiger partial charge in [0.2, 0.25) is 0 Å². The van der Waals surface area contributed by atoms with Crippen LogP contribution in [0.15, 0.2) is 104 Å². The molecular weight excluding hydrogens is 692 g/mol. The first-order valence-electron chi connectivity index (χ1n) is 15.6. The lowest BCUT2D eigenvalue weighted by atomic mass is 9.95. The van der Waals surface area contributed by atoms with E-state index in [4.69, 9.17) is 23.9 Å². The lowest BCUT2D eigenvalue weighted by Crippen LogP contribution is -2.40. The lowest BCUT2D eigenvalue weighted by molar-refractivity contribution is -0.139.